The van der Waals surface area contributed by atoms with Gasteiger partial charge in [0, 0.05) is 17.8 Å². The Hall–Kier alpha value is -2.30. The fraction of sp³-hybridized carbons (Fsp3) is 0.412. The van der Waals surface area contributed by atoms with E-state index in [4.69, 9.17) is 4.52 Å². The van der Waals surface area contributed by atoms with E-state index in [-0.39, 0.29) is 12.1 Å². The summed E-state index contributed by atoms with van der Waals surface area (Å²) in [4.78, 5) is 14.5. The maximum absolute atomic E-state index is 12.6. The molecule has 22 heavy (non-hydrogen) atoms. The number of nitrogens with one attached hydrogen (secondary N) is 1. The molecule has 1 fully saturated rings. The molecule has 1 atom stereocenters. The number of likely N-dealkylation sites (tertiary alicyclic amines) is 1. The molecule has 1 aliphatic heterocycles. The molecule has 116 valence electrons. The number of hydrogen-bond donors (Lipinski definition) is 1. The largest absolute Gasteiger partial charge is 0.361 e. The molecule has 0 unspecified atom stereocenters. The minimum absolute atomic E-state index is 0.0525. The SMILES string of the molecule is Cc1ccc(NC(=O)N2CCC[C@H]2c2c(C)noc2C)cc1. The highest BCUT2D eigenvalue weighted by atomic mass is 16.5. The lowest BCUT2D eigenvalue weighted by Gasteiger charge is -2.25. The predicted octanol–water partition coefficient (Wildman–Crippen LogP) is 3.97. The van der Waals surface area contributed by atoms with E-state index in [2.05, 4.69) is 10.5 Å². The predicted molar refractivity (Wildman–Crippen MR) is 84.9 cm³/mol. The Morgan fingerprint density at radius 2 is 2.00 bits per heavy atom. The molecule has 0 bridgehead atoms. The number of aryl methyl sites for hydroxylation is 3. The second-order valence-electron chi connectivity index (χ2n) is 5.89. The lowest BCUT2D eigenvalue weighted by atomic mass is 10.0. The van der Waals surface area contributed by atoms with Crippen LogP contribution in [0.4, 0.5) is 10.5 Å². The van der Waals surface area contributed by atoms with E-state index in [0.717, 1.165) is 42.1 Å². The van der Waals surface area contributed by atoms with Crippen molar-refractivity contribution in [2.24, 2.45) is 0 Å². The first-order valence-corrected chi connectivity index (χ1v) is 7.63. The van der Waals surface area contributed by atoms with Crippen LogP contribution in [0.3, 0.4) is 0 Å². The molecule has 2 amide bonds. The van der Waals surface area contributed by atoms with Gasteiger partial charge in [0.05, 0.1) is 11.7 Å². The van der Waals surface area contributed by atoms with Crippen molar-refractivity contribution in [1.29, 1.82) is 0 Å². The standard InChI is InChI=1S/C17H21N3O2/c1-11-6-8-14(9-7-11)18-17(21)20-10-4-5-15(20)16-12(2)19-22-13(16)3/h6-9,15H,4-5,10H2,1-3H3,(H,18,21)/t15-/m0/s1. The third kappa shape index (κ3) is 2.71. The van der Waals surface area contributed by atoms with Crippen molar-refractivity contribution >= 4 is 11.7 Å². The average molecular weight is 299 g/mol. The van der Waals surface area contributed by atoms with E-state index in [1.54, 1.807) is 0 Å². The fourth-order valence-corrected chi connectivity index (χ4v) is 3.11. The van der Waals surface area contributed by atoms with Crippen LogP contribution >= 0.6 is 0 Å². The first-order chi connectivity index (χ1) is 10.6. The highest BCUT2D eigenvalue weighted by Crippen LogP contribution is 2.35. The van der Waals surface area contributed by atoms with E-state index in [9.17, 15) is 4.79 Å². The van der Waals surface area contributed by atoms with Gasteiger partial charge in [-0.25, -0.2) is 4.79 Å². The molecule has 1 saturated heterocycles. The van der Waals surface area contributed by atoms with Gasteiger partial charge in [0.15, 0.2) is 0 Å². The number of anilines is 1. The summed E-state index contributed by atoms with van der Waals surface area (Å²) in [6, 6.07) is 7.82. The van der Waals surface area contributed by atoms with Crippen LogP contribution in [0.5, 0.6) is 0 Å². The highest BCUT2D eigenvalue weighted by Gasteiger charge is 2.33. The molecule has 1 aliphatic rings. The average Bonchev–Trinajstić information content (AvgIpc) is 3.08. The number of urea groups is 1. The van der Waals surface area contributed by atoms with Gasteiger partial charge in [-0.15, -0.1) is 0 Å². The van der Waals surface area contributed by atoms with Crippen LogP contribution in [0.1, 0.15) is 41.5 Å². The van der Waals surface area contributed by atoms with Crippen LogP contribution in [0.15, 0.2) is 28.8 Å². The Bertz CT molecular complexity index is 656. The van der Waals surface area contributed by atoms with Crippen molar-refractivity contribution in [1.82, 2.24) is 10.1 Å². The lowest BCUT2D eigenvalue weighted by Crippen LogP contribution is -2.34. The number of amides is 2. The Morgan fingerprint density at radius 3 is 2.64 bits per heavy atom. The van der Waals surface area contributed by atoms with Gasteiger partial charge in [0.1, 0.15) is 5.76 Å². The molecule has 0 saturated carbocycles. The topological polar surface area (TPSA) is 58.4 Å². The Balaban J connectivity index is 1.78. The molecule has 1 aromatic heterocycles. The summed E-state index contributed by atoms with van der Waals surface area (Å²) in [6.45, 7) is 6.62. The summed E-state index contributed by atoms with van der Waals surface area (Å²) in [7, 11) is 0. The molecule has 0 spiro atoms. The first-order valence-electron chi connectivity index (χ1n) is 7.63. The normalized spacial score (nSPS) is 17.8. The van der Waals surface area contributed by atoms with Gasteiger partial charge in [-0.2, -0.15) is 0 Å². The Kier molecular flexibility index (Phi) is 3.88. The number of benzene rings is 1. The van der Waals surface area contributed by atoms with Crippen LogP contribution in [0, 0.1) is 20.8 Å². The van der Waals surface area contributed by atoms with Gasteiger partial charge >= 0.3 is 6.03 Å². The third-order valence-electron chi connectivity index (χ3n) is 4.24. The molecule has 0 radical (unpaired) electrons. The molecule has 2 heterocycles. The number of hydrogen-bond acceptors (Lipinski definition) is 3. The van der Waals surface area contributed by atoms with Crippen molar-refractivity contribution in [2.45, 2.75) is 39.7 Å². The van der Waals surface area contributed by atoms with Crippen molar-refractivity contribution in [3.8, 4) is 0 Å². The minimum atomic E-state index is -0.0636. The van der Waals surface area contributed by atoms with Crippen molar-refractivity contribution in [3.05, 3.63) is 46.8 Å². The molecule has 5 nitrogen and oxygen atoms in total. The third-order valence-corrected chi connectivity index (χ3v) is 4.24. The van der Waals surface area contributed by atoms with E-state index in [0.29, 0.717) is 0 Å². The number of nitrogens with zero attached hydrogens (tertiary/aromatic N) is 2. The van der Waals surface area contributed by atoms with Crippen molar-refractivity contribution in [3.63, 3.8) is 0 Å². The molecular weight excluding hydrogens is 278 g/mol. The zero-order valence-corrected chi connectivity index (χ0v) is 13.2. The molecular formula is C17H21N3O2. The summed E-state index contributed by atoms with van der Waals surface area (Å²) >= 11 is 0. The Morgan fingerprint density at radius 1 is 1.27 bits per heavy atom. The smallest absolute Gasteiger partial charge is 0.322 e. The van der Waals surface area contributed by atoms with Gasteiger partial charge < -0.3 is 14.7 Å². The summed E-state index contributed by atoms with van der Waals surface area (Å²) in [6.07, 6.45) is 1.94. The monoisotopic (exact) mass is 299 g/mol. The zero-order valence-electron chi connectivity index (χ0n) is 13.2. The Labute approximate surface area is 130 Å². The molecule has 1 aromatic carbocycles. The maximum atomic E-state index is 12.6. The molecule has 0 aliphatic carbocycles. The summed E-state index contributed by atoms with van der Waals surface area (Å²) in [5, 5.41) is 6.99. The second-order valence-corrected chi connectivity index (χ2v) is 5.89. The summed E-state index contributed by atoms with van der Waals surface area (Å²) in [5.74, 6) is 0.803. The second kappa shape index (κ2) is 5.83. The zero-order chi connectivity index (χ0) is 15.7. The van der Waals surface area contributed by atoms with Gasteiger partial charge in [-0.05, 0) is 45.7 Å². The van der Waals surface area contributed by atoms with Crippen molar-refractivity contribution in [2.75, 3.05) is 11.9 Å². The number of aromatic nitrogens is 1. The van der Waals surface area contributed by atoms with E-state index in [1.165, 1.54) is 5.56 Å². The van der Waals surface area contributed by atoms with E-state index >= 15 is 0 Å². The van der Waals surface area contributed by atoms with Gasteiger partial charge in [0.25, 0.3) is 0 Å². The summed E-state index contributed by atoms with van der Waals surface area (Å²) < 4.78 is 5.26. The highest BCUT2D eigenvalue weighted by molar-refractivity contribution is 5.89. The maximum Gasteiger partial charge on any atom is 0.322 e. The quantitative estimate of drug-likeness (QED) is 0.912. The van der Waals surface area contributed by atoms with Crippen LogP contribution in [0.25, 0.3) is 0 Å². The number of carbonyl (C=O) groups is 1. The van der Waals surface area contributed by atoms with Crippen LogP contribution < -0.4 is 5.32 Å². The summed E-state index contributed by atoms with van der Waals surface area (Å²) in [5.41, 5.74) is 3.92. The minimum Gasteiger partial charge on any atom is -0.361 e. The molecule has 2 aromatic rings. The van der Waals surface area contributed by atoms with Crippen LogP contribution in [-0.2, 0) is 0 Å². The lowest BCUT2D eigenvalue weighted by molar-refractivity contribution is 0.206. The fourth-order valence-electron chi connectivity index (χ4n) is 3.11. The number of carbonyl (C=O) groups excluding carboxylic acids is 1. The van der Waals surface area contributed by atoms with Crippen molar-refractivity contribution < 1.29 is 9.32 Å². The molecule has 5 heteroatoms. The van der Waals surface area contributed by atoms with Gasteiger partial charge in [0.2, 0.25) is 0 Å². The van der Waals surface area contributed by atoms with Gasteiger partial charge in [-0.3, -0.25) is 0 Å². The van der Waals surface area contributed by atoms with Crippen LogP contribution in [0.2, 0.25) is 0 Å². The number of rotatable bonds is 2. The van der Waals surface area contributed by atoms with Gasteiger partial charge in [-0.1, -0.05) is 22.9 Å². The van der Waals surface area contributed by atoms with E-state index in [1.807, 2.05) is 49.9 Å². The molecule has 1 N–H and O–H groups in total. The van der Waals surface area contributed by atoms with Crippen LogP contribution in [-0.4, -0.2) is 22.6 Å². The first kappa shape index (κ1) is 14.6. The molecule has 3 rings (SSSR count). The van der Waals surface area contributed by atoms with E-state index < -0.39 is 0 Å².